The van der Waals surface area contributed by atoms with Crippen molar-refractivity contribution in [1.29, 1.82) is 0 Å². The maximum atomic E-state index is 15.2. The van der Waals surface area contributed by atoms with E-state index in [0.717, 1.165) is 22.3 Å². The number of ketones is 1. The normalized spacial score (nSPS) is 11.2. The van der Waals surface area contributed by atoms with E-state index in [1.54, 1.807) is 19.2 Å². The van der Waals surface area contributed by atoms with E-state index >= 15 is 4.79 Å². The minimum Gasteiger partial charge on any atom is -0.488 e. The fourth-order valence-electron chi connectivity index (χ4n) is 6.21. The van der Waals surface area contributed by atoms with Gasteiger partial charge in [0.2, 0.25) is 5.78 Å². The van der Waals surface area contributed by atoms with Crippen molar-refractivity contribution in [3.8, 4) is 23.0 Å². The third-order valence-corrected chi connectivity index (χ3v) is 9.31. The lowest BCUT2D eigenvalue weighted by molar-refractivity contribution is 0.0323. The molecule has 10 heteroatoms. The van der Waals surface area contributed by atoms with Crippen LogP contribution in [0, 0.1) is 0 Å². The van der Waals surface area contributed by atoms with Crippen LogP contribution in [0.3, 0.4) is 0 Å². The van der Waals surface area contributed by atoms with Gasteiger partial charge in [-0.05, 0) is 78.4 Å². The molecule has 0 saturated heterocycles. The molecular formula is C49H46O10. The Morgan fingerprint density at radius 3 is 1.56 bits per heavy atom. The van der Waals surface area contributed by atoms with Crippen LogP contribution in [0.1, 0.15) is 72.2 Å². The highest BCUT2D eigenvalue weighted by Gasteiger charge is 2.31. The van der Waals surface area contributed by atoms with Crippen LogP contribution in [0.4, 0.5) is 0 Å². The Hall–Kier alpha value is -6.91. The van der Waals surface area contributed by atoms with E-state index in [0.29, 0.717) is 18.6 Å². The molecule has 0 heterocycles. The Labute approximate surface area is 344 Å². The van der Waals surface area contributed by atoms with E-state index in [1.165, 1.54) is 25.3 Å². The van der Waals surface area contributed by atoms with Gasteiger partial charge in [-0.1, -0.05) is 109 Å². The number of ether oxygens (including phenoxy) is 7. The Morgan fingerprint density at radius 2 is 1.05 bits per heavy atom. The van der Waals surface area contributed by atoms with Crippen LogP contribution in [0.25, 0.3) is 0 Å². The van der Waals surface area contributed by atoms with Crippen molar-refractivity contribution in [1.82, 2.24) is 0 Å². The molecule has 302 valence electrons. The number of carbonyl (C=O) groups excluding carboxylic acids is 3. The molecule has 0 N–H and O–H groups in total. The summed E-state index contributed by atoms with van der Waals surface area (Å²) in [5, 5.41) is 0. The van der Waals surface area contributed by atoms with Gasteiger partial charge in [0.15, 0.2) is 6.79 Å². The summed E-state index contributed by atoms with van der Waals surface area (Å²) in [5.41, 5.74) is 3.58. The molecule has 0 radical (unpaired) electrons. The van der Waals surface area contributed by atoms with E-state index < -0.39 is 23.8 Å². The molecule has 1 unspecified atom stereocenters. The van der Waals surface area contributed by atoms with Crippen molar-refractivity contribution in [3.63, 3.8) is 0 Å². The zero-order valence-electron chi connectivity index (χ0n) is 33.3. The van der Waals surface area contributed by atoms with Gasteiger partial charge >= 0.3 is 11.9 Å². The number of esters is 2. The molecule has 1 atom stereocenters. The van der Waals surface area contributed by atoms with Crippen molar-refractivity contribution in [2.75, 3.05) is 21.0 Å². The van der Waals surface area contributed by atoms with E-state index in [4.69, 9.17) is 33.2 Å². The minimum absolute atomic E-state index is 0.0134. The molecule has 0 bridgehead atoms. The van der Waals surface area contributed by atoms with Crippen LogP contribution < -0.4 is 18.9 Å². The summed E-state index contributed by atoms with van der Waals surface area (Å²) in [4.78, 5) is 42.4. The lowest BCUT2D eigenvalue weighted by atomic mass is 9.94. The average Bonchev–Trinajstić information content (AvgIpc) is 3.28. The van der Waals surface area contributed by atoms with Crippen molar-refractivity contribution < 1.29 is 47.5 Å². The van der Waals surface area contributed by atoms with E-state index in [1.807, 2.05) is 122 Å². The van der Waals surface area contributed by atoms with Crippen LogP contribution in [0.15, 0.2) is 146 Å². The lowest BCUT2D eigenvalue weighted by Crippen LogP contribution is -2.18. The first-order valence-electron chi connectivity index (χ1n) is 19.2. The van der Waals surface area contributed by atoms with Gasteiger partial charge in [0.25, 0.3) is 0 Å². The average molecular weight is 795 g/mol. The molecule has 0 aliphatic rings. The maximum Gasteiger partial charge on any atom is 0.338 e. The fourth-order valence-corrected chi connectivity index (χ4v) is 6.21. The number of benzene rings is 6. The highest BCUT2D eigenvalue weighted by Crippen LogP contribution is 2.38. The van der Waals surface area contributed by atoms with Gasteiger partial charge in [-0.15, -0.1) is 0 Å². The lowest BCUT2D eigenvalue weighted by Gasteiger charge is -2.20. The van der Waals surface area contributed by atoms with Crippen LogP contribution in [-0.2, 0) is 40.5 Å². The standard InChI is InChI=1S/C49H46O10/c1-34(22-23-35-24-26-40(27-25-35)58-33-53-2)59-48(51)39-28-43(56-31-37-16-9-5-10-17-37)46(44(29-39)57-32-38-18-11-6-12-19-38)47(50)45-41(49(52)54-3)20-13-21-42(45)55-30-36-14-7-4-8-15-36/h4-21,24-29,34H,22-23,30-33H2,1-3H3. The Bertz CT molecular complexity index is 2230. The van der Waals surface area contributed by atoms with Gasteiger partial charge in [0, 0.05) is 7.11 Å². The molecule has 0 amide bonds. The van der Waals surface area contributed by atoms with Gasteiger partial charge in [-0.3, -0.25) is 4.79 Å². The van der Waals surface area contributed by atoms with Crippen LogP contribution >= 0.6 is 0 Å². The van der Waals surface area contributed by atoms with Crippen LogP contribution in [0.2, 0.25) is 0 Å². The van der Waals surface area contributed by atoms with Crippen LogP contribution in [0.5, 0.6) is 23.0 Å². The van der Waals surface area contributed by atoms with Gasteiger partial charge in [0.1, 0.15) is 48.4 Å². The van der Waals surface area contributed by atoms with E-state index in [-0.39, 0.29) is 66.1 Å². The molecule has 0 aliphatic carbocycles. The first-order chi connectivity index (χ1) is 28.8. The highest BCUT2D eigenvalue weighted by atomic mass is 16.7. The predicted octanol–water partition coefficient (Wildman–Crippen LogP) is 9.60. The topological polar surface area (TPSA) is 116 Å². The largest absolute Gasteiger partial charge is 0.488 e. The smallest absolute Gasteiger partial charge is 0.338 e. The number of methoxy groups -OCH3 is 2. The third-order valence-electron chi connectivity index (χ3n) is 9.31. The van der Waals surface area contributed by atoms with Crippen molar-refractivity contribution in [2.45, 2.75) is 45.7 Å². The third kappa shape index (κ3) is 11.6. The molecule has 0 spiro atoms. The Kier molecular flexibility index (Phi) is 14.9. The van der Waals surface area contributed by atoms with E-state index in [9.17, 15) is 9.59 Å². The summed E-state index contributed by atoms with van der Waals surface area (Å²) in [5.74, 6) is -1.05. The van der Waals surface area contributed by atoms with Crippen molar-refractivity contribution >= 4 is 17.7 Å². The summed E-state index contributed by atoms with van der Waals surface area (Å²) in [6, 6.07) is 43.6. The van der Waals surface area contributed by atoms with Crippen LogP contribution in [-0.4, -0.2) is 44.8 Å². The van der Waals surface area contributed by atoms with Gasteiger partial charge in [-0.25, -0.2) is 9.59 Å². The second-order valence-electron chi connectivity index (χ2n) is 13.6. The molecule has 0 aliphatic heterocycles. The first kappa shape index (κ1) is 41.7. The number of hydrogen-bond acceptors (Lipinski definition) is 10. The second-order valence-corrected chi connectivity index (χ2v) is 13.6. The zero-order chi connectivity index (χ0) is 41.4. The van der Waals surface area contributed by atoms with Crippen molar-refractivity contribution in [2.24, 2.45) is 0 Å². The molecule has 6 aromatic rings. The molecule has 59 heavy (non-hydrogen) atoms. The Morgan fingerprint density at radius 1 is 0.525 bits per heavy atom. The number of aryl methyl sites for hydroxylation is 1. The highest BCUT2D eigenvalue weighted by molar-refractivity contribution is 6.19. The summed E-state index contributed by atoms with van der Waals surface area (Å²) in [6.07, 6.45) is 0.732. The zero-order valence-corrected chi connectivity index (χ0v) is 33.3. The summed E-state index contributed by atoms with van der Waals surface area (Å²) in [7, 11) is 2.81. The molecule has 6 rings (SSSR count). The molecule has 6 aromatic carbocycles. The quantitative estimate of drug-likeness (QED) is 0.0420. The molecule has 0 saturated carbocycles. The number of hydrogen-bond donors (Lipinski definition) is 0. The molecule has 0 fully saturated rings. The maximum absolute atomic E-state index is 15.2. The van der Waals surface area contributed by atoms with Gasteiger partial charge in [0.05, 0.1) is 29.9 Å². The molecule has 10 nitrogen and oxygen atoms in total. The SMILES string of the molecule is COCOc1ccc(CCC(C)OC(=O)c2cc(OCc3ccccc3)c(C(=O)c3c(OCc4ccccc4)cccc3C(=O)OC)c(OCc3ccccc3)c2)cc1. The number of rotatable bonds is 20. The summed E-state index contributed by atoms with van der Waals surface area (Å²) < 4.78 is 40.6. The van der Waals surface area contributed by atoms with Gasteiger partial charge < -0.3 is 33.2 Å². The minimum atomic E-state index is -0.735. The number of carbonyl (C=O) groups is 3. The monoisotopic (exact) mass is 794 g/mol. The Balaban J connectivity index is 1.37. The fraction of sp³-hybridized carbons (Fsp3) is 0.204. The molecule has 0 aromatic heterocycles. The second kappa shape index (κ2) is 21.0. The predicted molar refractivity (Wildman–Crippen MR) is 222 cm³/mol. The van der Waals surface area contributed by atoms with E-state index in [2.05, 4.69) is 0 Å². The van der Waals surface area contributed by atoms with Gasteiger partial charge in [-0.2, -0.15) is 0 Å². The first-order valence-corrected chi connectivity index (χ1v) is 19.2. The van der Waals surface area contributed by atoms with Crippen molar-refractivity contribution in [3.05, 3.63) is 190 Å². The summed E-state index contributed by atoms with van der Waals surface area (Å²) >= 11 is 0. The molecular weight excluding hydrogens is 749 g/mol. The summed E-state index contributed by atoms with van der Waals surface area (Å²) in [6.45, 7) is 2.22.